The van der Waals surface area contributed by atoms with E-state index in [1.807, 2.05) is 0 Å². The minimum atomic E-state index is -2.54. The van der Waals surface area contributed by atoms with Crippen LogP contribution in [0.3, 0.4) is 0 Å². The third-order valence-corrected chi connectivity index (χ3v) is 3.66. The van der Waals surface area contributed by atoms with Gasteiger partial charge in [0.05, 0.1) is 6.10 Å². The third-order valence-electron chi connectivity index (χ3n) is 3.66. The number of halogens is 2. The minimum absolute atomic E-state index is 0.104. The van der Waals surface area contributed by atoms with Crippen molar-refractivity contribution >= 4 is 11.7 Å². The van der Waals surface area contributed by atoms with E-state index in [-0.39, 0.29) is 11.6 Å². The van der Waals surface area contributed by atoms with Gasteiger partial charge >= 0.3 is 6.03 Å². The lowest BCUT2D eigenvalue weighted by molar-refractivity contribution is 0.0103. The van der Waals surface area contributed by atoms with Gasteiger partial charge in [-0.3, -0.25) is 0 Å². The SMILES string of the molecule is O=C(NCCCC1CCCCO1)Nc1cccc(C(F)F)c1. The number of urea groups is 1. The highest BCUT2D eigenvalue weighted by Gasteiger charge is 2.13. The molecular weight excluding hydrogens is 290 g/mol. The number of ether oxygens (including phenoxy) is 1. The first kappa shape index (κ1) is 16.7. The van der Waals surface area contributed by atoms with Gasteiger partial charge in [0, 0.05) is 24.4 Å². The Morgan fingerprint density at radius 3 is 2.95 bits per heavy atom. The van der Waals surface area contributed by atoms with Crippen molar-refractivity contribution in [1.82, 2.24) is 5.32 Å². The molecule has 1 heterocycles. The lowest BCUT2D eigenvalue weighted by Crippen LogP contribution is -2.30. The number of hydrogen-bond acceptors (Lipinski definition) is 2. The van der Waals surface area contributed by atoms with Gasteiger partial charge in [-0.05, 0) is 44.2 Å². The second-order valence-electron chi connectivity index (χ2n) is 5.44. The van der Waals surface area contributed by atoms with Crippen LogP contribution in [0.25, 0.3) is 0 Å². The summed E-state index contributed by atoms with van der Waals surface area (Å²) in [4.78, 5) is 11.7. The van der Waals surface area contributed by atoms with Crippen molar-refractivity contribution in [2.75, 3.05) is 18.5 Å². The maximum absolute atomic E-state index is 12.6. The fraction of sp³-hybridized carbons (Fsp3) is 0.562. The molecule has 122 valence electrons. The molecule has 2 rings (SSSR count). The van der Waals surface area contributed by atoms with E-state index in [0.717, 1.165) is 32.3 Å². The summed E-state index contributed by atoms with van der Waals surface area (Å²) in [6, 6.07) is 5.31. The molecule has 1 saturated heterocycles. The lowest BCUT2D eigenvalue weighted by atomic mass is 10.0. The Kier molecular flexibility index (Phi) is 6.58. The molecule has 1 aromatic rings. The number of hydrogen-bond donors (Lipinski definition) is 2. The molecule has 22 heavy (non-hydrogen) atoms. The van der Waals surface area contributed by atoms with Crippen LogP contribution in [0.5, 0.6) is 0 Å². The maximum atomic E-state index is 12.6. The van der Waals surface area contributed by atoms with E-state index in [4.69, 9.17) is 4.74 Å². The Hall–Kier alpha value is -1.69. The topological polar surface area (TPSA) is 50.4 Å². The Morgan fingerprint density at radius 2 is 2.23 bits per heavy atom. The molecule has 1 unspecified atom stereocenters. The molecule has 2 N–H and O–H groups in total. The first-order valence-corrected chi connectivity index (χ1v) is 7.70. The van der Waals surface area contributed by atoms with Crippen LogP contribution in [-0.4, -0.2) is 25.3 Å². The van der Waals surface area contributed by atoms with Gasteiger partial charge in [-0.15, -0.1) is 0 Å². The largest absolute Gasteiger partial charge is 0.378 e. The van der Waals surface area contributed by atoms with E-state index in [1.54, 1.807) is 6.07 Å². The van der Waals surface area contributed by atoms with Crippen LogP contribution in [0.1, 0.15) is 44.1 Å². The van der Waals surface area contributed by atoms with Gasteiger partial charge in [0.2, 0.25) is 0 Å². The summed E-state index contributed by atoms with van der Waals surface area (Å²) in [6.07, 6.45) is 2.97. The van der Waals surface area contributed by atoms with Gasteiger partial charge < -0.3 is 15.4 Å². The highest BCUT2D eigenvalue weighted by atomic mass is 19.3. The summed E-state index contributed by atoms with van der Waals surface area (Å²) >= 11 is 0. The van der Waals surface area contributed by atoms with Crippen LogP contribution >= 0.6 is 0 Å². The predicted octanol–water partition coefficient (Wildman–Crippen LogP) is 4.10. The molecule has 0 radical (unpaired) electrons. The molecule has 4 nitrogen and oxygen atoms in total. The Balaban J connectivity index is 1.66. The van der Waals surface area contributed by atoms with Gasteiger partial charge in [0.1, 0.15) is 0 Å². The van der Waals surface area contributed by atoms with Gasteiger partial charge in [-0.2, -0.15) is 0 Å². The first-order chi connectivity index (χ1) is 10.6. The second kappa shape index (κ2) is 8.68. The summed E-state index contributed by atoms with van der Waals surface area (Å²) in [5.41, 5.74) is 0.262. The quantitative estimate of drug-likeness (QED) is 0.777. The van der Waals surface area contributed by atoms with Crippen molar-refractivity contribution in [1.29, 1.82) is 0 Å². The molecule has 1 aromatic carbocycles. The van der Waals surface area contributed by atoms with Crippen molar-refractivity contribution < 1.29 is 18.3 Å². The maximum Gasteiger partial charge on any atom is 0.319 e. The Bertz CT molecular complexity index is 477. The highest BCUT2D eigenvalue weighted by molar-refractivity contribution is 5.89. The number of anilines is 1. The number of alkyl halides is 2. The van der Waals surface area contributed by atoms with Crippen LogP contribution in [0, 0.1) is 0 Å². The third kappa shape index (κ3) is 5.60. The van der Waals surface area contributed by atoms with E-state index in [2.05, 4.69) is 10.6 Å². The number of benzene rings is 1. The summed E-state index contributed by atoms with van der Waals surface area (Å²) < 4.78 is 30.8. The molecule has 1 aliphatic rings. The van der Waals surface area contributed by atoms with E-state index < -0.39 is 6.43 Å². The minimum Gasteiger partial charge on any atom is -0.378 e. The highest BCUT2D eigenvalue weighted by Crippen LogP contribution is 2.21. The Labute approximate surface area is 129 Å². The summed E-state index contributed by atoms with van der Waals surface area (Å²) in [7, 11) is 0. The number of nitrogens with one attached hydrogen (secondary N) is 2. The second-order valence-corrected chi connectivity index (χ2v) is 5.44. The monoisotopic (exact) mass is 312 g/mol. The molecular formula is C16H22F2N2O2. The zero-order chi connectivity index (χ0) is 15.8. The van der Waals surface area contributed by atoms with Gasteiger partial charge in [-0.1, -0.05) is 12.1 Å². The Morgan fingerprint density at radius 1 is 1.36 bits per heavy atom. The van der Waals surface area contributed by atoms with E-state index in [1.165, 1.54) is 24.6 Å². The predicted molar refractivity (Wildman–Crippen MR) is 81.2 cm³/mol. The van der Waals surface area contributed by atoms with Crippen LogP contribution in [0.15, 0.2) is 24.3 Å². The van der Waals surface area contributed by atoms with Gasteiger partial charge in [-0.25, -0.2) is 13.6 Å². The molecule has 0 spiro atoms. The molecule has 0 saturated carbocycles. The zero-order valence-corrected chi connectivity index (χ0v) is 12.5. The average Bonchev–Trinajstić information content (AvgIpc) is 2.53. The van der Waals surface area contributed by atoms with Gasteiger partial charge in [0.25, 0.3) is 6.43 Å². The first-order valence-electron chi connectivity index (χ1n) is 7.70. The summed E-state index contributed by atoms with van der Waals surface area (Å²) in [5, 5.41) is 5.29. The molecule has 1 atom stereocenters. The van der Waals surface area contributed by atoms with Crippen molar-refractivity contribution in [3.8, 4) is 0 Å². The molecule has 0 bridgehead atoms. The number of rotatable bonds is 6. The smallest absolute Gasteiger partial charge is 0.319 e. The summed E-state index contributed by atoms with van der Waals surface area (Å²) in [5.74, 6) is 0. The fourth-order valence-electron chi connectivity index (χ4n) is 2.49. The molecule has 1 aliphatic heterocycles. The van der Waals surface area contributed by atoms with Crippen LogP contribution in [0.2, 0.25) is 0 Å². The molecule has 0 aromatic heterocycles. The van der Waals surface area contributed by atoms with E-state index >= 15 is 0 Å². The van der Waals surface area contributed by atoms with Crippen molar-refractivity contribution in [3.63, 3.8) is 0 Å². The number of amides is 2. The zero-order valence-electron chi connectivity index (χ0n) is 12.5. The van der Waals surface area contributed by atoms with Gasteiger partial charge in [0.15, 0.2) is 0 Å². The van der Waals surface area contributed by atoms with Crippen LogP contribution in [-0.2, 0) is 4.74 Å². The molecule has 2 amide bonds. The van der Waals surface area contributed by atoms with E-state index in [0.29, 0.717) is 18.3 Å². The average molecular weight is 312 g/mol. The normalized spacial score (nSPS) is 18.2. The van der Waals surface area contributed by atoms with Crippen LogP contribution < -0.4 is 10.6 Å². The van der Waals surface area contributed by atoms with Crippen molar-refractivity contribution in [3.05, 3.63) is 29.8 Å². The molecule has 1 fully saturated rings. The van der Waals surface area contributed by atoms with Crippen LogP contribution in [0.4, 0.5) is 19.3 Å². The van der Waals surface area contributed by atoms with Crippen molar-refractivity contribution in [2.24, 2.45) is 0 Å². The molecule has 0 aliphatic carbocycles. The number of carbonyl (C=O) groups is 1. The molecule has 6 heteroatoms. The standard InChI is InChI=1S/C16H22F2N2O2/c17-15(18)12-5-3-6-13(11-12)20-16(21)19-9-4-8-14-7-1-2-10-22-14/h3,5-6,11,14-15H,1-2,4,7-10H2,(H2,19,20,21). The summed E-state index contributed by atoms with van der Waals surface area (Å²) in [6.45, 7) is 1.37. The fourth-order valence-corrected chi connectivity index (χ4v) is 2.49. The van der Waals surface area contributed by atoms with Crippen molar-refractivity contribution in [2.45, 2.75) is 44.6 Å². The van der Waals surface area contributed by atoms with E-state index in [9.17, 15) is 13.6 Å². The number of carbonyl (C=O) groups excluding carboxylic acids is 1. The lowest BCUT2D eigenvalue weighted by Gasteiger charge is -2.22.